The molecule has 94 valence electrons. The summed E-state index contributed by atoms with van der Waals surface area (Å²) in [6.45, 7) is 7.53. The summed E-state index contributed by atoms with van der Waals surface area (Å²) >= 11 is 11.6. The molecule has 0 spiro atoms. The molecule has 0 aliphatic heterocycles. The standard InChI is InChI=1S/C11H10Cl2O2.C2H6/c1-2-3-8(11(14)15)7-4-5-9(12)10(13)6-7;1-2/h2,4-6,8H,1,3H2,(H,14,15);1-2H3/t8-;/m0./s1. The summed E-state index contributed by atoms with van der Waals surface area (Å²) in [6.07, 6.45) is 1.94. The van der Waals surface area contributed by atoms with Gasteiger partial charge in [0, 0.05) is 0 Å². The Bertz CT molecular complexity index is 389. The molecular weight excluding hydrogens is 259 g/mol. The van der Waals surface area contributed by atoms with Crippen LogP contribution in [0.15, 0.2) is 30.9 Å². The highest BCUT2D eigenvalue weighted by molar-refractivity contribution is 6.42. The smallest absolute Gasteiger partial charge is 0.311 e. The van der Waals surface area contributed by atoms with Crippen LogP contribution in [0.3, 0.4) is 0 Å². The van der Waals surface area contributed by atoms with E-state index < -0.39 is 11.9 Å². The molecule has 0 saturated carbocycles. The fourth-order valence-corrected chi connectivity index (χ4v) is 1.58. The van der Waals surface area contributed by atoms with Gasteiger partial charge in [-0.1, -0.05) is 49.2 Å². The Morgan fingerprint density at radius 1 is 1.41 bits per heavy atom. The molecule has 1 rings (SSSR count). The number of hydrogen-bond donors (Lipinski definition) is 1. The van der Waals surface area contributed by atoms with Gasteiger partial charge in [0.1, 0.15) is 0 Å². The molecule has 0 aliphatic carbocycles. The van der Waals surface area contributed by atoms with Gasteiger partial charge in [-0.05, 0) is 24.1 Å². The number of allylic oxidation sites excluding steroid dienone is 1. The molecule has 2 nitrogen and oxygen atoms in total. The van der Waals surface area contributed by atoms with Crippen LogP contribution in [0.2, 0.25) is 10.0 Å². The first-order valence-corrected chi connectivity index (χ1v) is 6.10. The Kier molecular flexibility index (Phi) is 7.68. The van der Waals surface area contributed by atoms with Crippen LogP contribution in [0.5, 0.6) is 0 Å². The molecule has 0 amide bonds. The first-order chi connectivity index (χ1) is 8.06. The highest BCUT2D eigenvalue weighted by Gasteiger charge is 2.18. The van der Waals surface area contributed by atoms with Crippen molar-refractivity contribution in [3.8, 4) is 0 Å². The summed E-state index contributed by atoms with van der Waals surface area (Å²) in [5, 5.41) is 9.78. The van der Waals surface area contributed by atoms with Crippen molar-refractivity contribution in [2.45, 2.75) is 26.2 Å². The molecule has 0 aliphatic rings. The molecule has 0 radical (unpaired) electrons. The van der Waals surface area contributed by atoms with E-state index in [0.717, 1.165) is 0 Å². The predicted molar refractivity (Wildman–Crippen MR) is 73.0 cm³/mol. The fourth-order valence-electron chi connectivity index (χ4n) is 1.28. The summed E-state index contributed by atoms with van der Waals surface area (Å²) in [4.78, 5) is 11.0. The lowest BCUT2D eigenvalue weighted by Gasteiger charge is -2.10. The minimum Gasteiger partial charge on any atom is -0.481 e. The third-order valence-electron chi connectivity index (χ3n) is 2.05. The van der Waals surface area contributed by atoms with E-state index in [-0.39, 0.29) is 0 Å². The topological polar surface area (TPSA) is 37.3 Å². The summed E-state index contributed by atoms with van der Waals surface area (Å²) in [5.41, 5.74) is 0.636. The first-order valence-electron chi connectivity index (χ1n) is 5.35. The van der Waals surface area contributed by atoms with Crippen LogP contribution >= 0.6 is 23.2 Å². The van der Waals surface area contributed by atoms with Crippen LogP contribution in [-0.4, -0.2) is 11.1 Å². The van der Waals surface area contributed by atoms with E-state index in [1.54, 1.807) is 24.3 Å². The Hall–Kier alpha value is -0.990. The van der Waals surface area contributed by atoms with Gasteiger partial charge in [-0.3, -0.25) is 4.79 Å². The molecule has 1 aromatic rings. The molecule has 17 heavy (non-hydrogen) atoms. The fraction of sp³-hybridized carbons (Fsp3) is 0.308. The van der Waals surface area contributed by atoms with Crippen molar-refractivity contribution in [1.82, 2.24) is 0 Å². The van der Waals surface area contributed by atoms with Crippen LogP contribution in [0, 0.1) is 0 Å². The van der Waals surface area contributed by atoms with Crippen LogP contribution in [-0.2, 0) is 4.79 Å². The monoisotopic (exact) mass is 274 g/mol. The largest absolute Gasteiger partial charge is 0.481 e. The Morgan fingerprint density at radius 3 is 2.41 bits per heavy atom. The second kappa shape index (κ2) is 8.15. The molecule has 0 unspecified atom stereocenters. The average Bonchev–Trinajstić information content (AvgIpc) is 2.32. The highest BCUT2D eigenvalue weighted by Crippen LogP contribution is 2.28. The lowest BCUT2D eigenvalue weighted by Crippen LogP contribution is -2.10. The van der Waals surface area contributed by atoms with Gasteiger partial charge < -0.3 is 5.11 Å². The average molecular weight is 275 g/mol. The number of hydrogen-bond acceptors (Lipinski definition) is 1. The third-order valence-corrected chi connectivity index (χ3v) is 2.79. The summed E-state index contributed by atoms with van der Waals surface area (Å²) in [6, 6.07) is 4.83. The van der Waals surface area contributed by atoms with Gasteiger partial charge in [-0.2, -0.15) is 0 Å². The summed E-state index contributed by atoms with van der Waals surface area (Å²) < 4.78 is 0. The number of carbonyl (C=O) groups is 1. The molecule has 0 saturated heterocycles. The van der Waals surface area contributed by atoms with Gasteiger partial charge in [-0.25, -0.2) is 0 Å². The van der Waals surface area contributed by atoms with Crippen molar-refractivity contribution >= 4 is 29.2 Å². The zero-order valence-electron chi connectivity index (χ0n) is 9.91. The van der Waals surface area contributed by atoms with Crippen LogP contribution in [0.1, 0.15) is 31.7 Å². The molecular formula is C13H16Cl2O2. The molecule has 4 heteroatoms. The SMILES string of the molecule is C=CC[C@H](C(=O)O)c1ccc(Cl)c(Cl)c1.CC. The molecule has 1 N–H and O–H groups in total. The van der Waals surface area contributed by atoms with Gasteiger partial charge in [0.25, 0.3) is 0 Å². The molecule has 0 heterocycles. The normalized spacial score (nSPS) is 11.1. The van der Waals surface area contributed by atoms with Crippen molar-refractivity contribution in [2.75, 3.05) is 0 Å². The van der Waals surface area contributed by atoms with E-state index in [4.69, 9.17) is 28.3 Å². The number of carboxylic acid groups (broad SMARTS) is 1. The van der Waals surface area contributed by atoms with Crippen molar-refractivity contribution < 1.29 is 9.90 Å². The Morgan fingerprint density at radius 2 is 2.00 bits per heavy atom. The minimum atomic E-state index is -0.895. The van der Waals surface area contributed by atoms with Gasteiger partial charge in [-0.15, -0.1) is 6.58 Å². The number of halogens is 2. The number of carboxylic acids is 1. The van der Waals surface area contributed by atoms with Crippen molar-refractivity contribution in [3.05, 3.63) is 46.5 Å². The van der Waals surface area contributed by atoms with Crippen LogP contribution in [0.25, 0.3) is 0 Å². The number of aliphatic carboxylic acids is 1. The van der Waals surface area contributed by atoms with E-state index in [0.29, 0.717) is 22.0 Å². The van der Waals surface area contributed by atoms with Crippen molar-refractivity contribution in [2.24, 2.45) is 0 Å². The van der Waals surface area contributed by atoms with E-state index in [1.165, 1.54) is 0 Å². The predicted octanol–water partition coefficient (Wildman–Crippen LogP) is 4.76. The van der Waals surface area contributed by atoms with Crippen molar-refractivity contribution in [1.29, 1.82) is 0 Å². The Balaban J connectivity index is 0.00000121. The lowest BCUT2D eigenvalue weighted by molar-refractivity contribution is -0.138. The maximum atomic E-state index is 11.0. The maximum Gasteiger partial charge on any atom is 0.311 e. The van der Waals surface area contributed by atoms with E-state index >= 15 is 0 Å². The minimum absolute atomic E-state index is 0.365. The molecule has 1 atom stereocenters. The van der Waals surface area contributed by atoms with Crippen LogP contribution in [0.4, 0.5) is 0 Å². The first kappa shape index (κ1) is 16.0. The molecule has 1 aromatic carbocycles. The van der Waals surface area contributed by atoms with Crippen LogP contribution < -0.4 is 0 Å². The second-order valence-electron chi connectivity index (χ2n) is 3.09. The molecule has 0 fully saturated rings. The second-order valence-corrected chi connectivity index (χ2v) is 3.90. The van der Waals surface area contributed by atoms with Gasteiger partial charge >= 0.3 is 5.97 Å². The summed E-state index contributed by atoms with van der Waals surface area (Å²) in [5.74, 6) is -1.51. The van der Waals surface area contributed by atoms with E-state index in [1.807, 2.05) is 13.8 Å². The maximum absolute atomic E-state index is 11.0. The van der Waals surface area contributed by atoms with Gasteiger partial charge in [0.15, 0.2) is 0 Å². The zero-order chi connectivity index (χ0) is 13.4. The highest BCUT2D eigenvalue weighted by atomic mass is 35.5. The van der Waals surface area contributed by atoms with Gasteiger partial charge in [0.2, 0.25) is 0 Å². The third kappa shape index (κ3) is 4.80. The quantitative estimate of drug-likeness (QED) is 0.804. The zero-order valence-corrected chi connectivity index (χ0v) is 11.4. The van der Waals surface area contributed by atoms with E-state index in [9.17, 15) is 4.79 Å². The molecule has 0 aromatic heterocycles. The number of rotatable bonds is 4. The van der Waals surface area contributed by atoms with Gasteiger partial charge in [0.05, 0.1) is 16.0 Å². The number of benzene rings is 1. The lowest BCUT2D eigenvalue weighted by atomic mass is 9.96. The van der Waals surface area contributed by atoms with Crippen molar-refractivity contribution in [3.63, 3.8) is 0 Å². The summed E-state index contributed by atoms with van der Waals surface area (Å²) in [7, 11) is 0. The Labute approximate surface area is 112 Å². The molecule has 0 bridgehead atoms. The van der Waals surface area contributed by atoms with E-state index in [2.05, 4.69) is 6.58 Å².